The lowest BCUT2D eigenvalue weighted by molar-refractivity contribution is 0.661. The first-order valence-corrected chi connectivity index (χ1v) is 51.0. The van der Waals surface area contributed by atoms with Crippen LogP contribution < -0.4 is 0 Å². The molecule has 2 unspecified atom stereocenters. The first-order valence-electron chi connectivity index (χ1n) is 48.3. The minimum atomic E-state index is -0.702. The van der Waals surface area contributed by atoms with Crippen LogP contribution in [0.4, 0.5) is 0 Å². The maximum Gasteiger partial charge on any atom is 0.0165 e. The number of hydrogen-bond donors (Lipinski definition) is 0. The van der Waals surface area contributed by atoms with Gasteiger partial charge < -0.3 is 0 Å². The average Bonchev–Trinajstić information content (AvgIpc) is 1.24. The van der Waals surface area contributed by atoms with E-state index in [9.17, 15) is 0 Å². The van der Waals surface area contributed by atoms with E-state index in [2.05, 4.69) is 513 Å². The molecule has 2 aromatic heterocycles. The van der Waals surface area contributed by atoms with Crippen molar-refractivity contribution in [2.45, 2.75) is 38.5 Å². The highest BCUT2D eigenvalue weighted by Gasteiger charge is 2.40. The zero-order valence-electron chi connectivity index (χ0n) is 77.1. The van der Waals surface area contributed by atoms with Crippen molar-refractivity contribution in [3.05, 3.63) is 508 Å². The molecule has 2 aliphatic rings. The molecule has 27 aromatic rings. The molecule has 29 rings (SSSR count). The van der Waals surface area contributed by atoms with Crippen molar-refractivity contribution in [3.8, 4) is 99.6 Å². The third-order valence-electron chi connectivity index (χ3n) is 30.4. The Kier molecular flexibility index (Phi) is 19.0. The summed E-state index contributed by atoms with van der Waals surface area (Å²) in [5, 5.41) is 40.0. The van der Waals surface area contributed by atoms with Gasteiger partial charge in [-0.05, 0) is 312 Å². The second-order valence-corrected chi connectivity index (χ2v) is 43.0. The molecule has 0 nitrogen and oxygen atoms in total. The van der Waals surface area contributed by atoms with Gasteiger partial charge in [-0.3, -0.25) is 0 Å². The van der Waals surface area contributed by atoms with E-state index in [0.29, 0.717) is 0 Å². The SMILES string of the molecule is CC1(C)c2ccccc2-c2cc3c(-c4ccc5ccccc5c4)c4ccccc4c(-c4ccc5ccccc5c4)c3cc21.CC1(C)c2ccccc2-c2ccc3c(-c4ccc5ccccc5c4)c4ccccc4c(-c4ccc5ccccc5c4)c3c21.c1ccc(-c2c3cc4c5ccccc5p(-c5ccccc5)c4cc3c(-c3ccccc3)c3cc4c5ccccc5p(-c5ccccc5)c4cc23)cc1. The van der Waals surface area contributed by atoms with Crippen molar-refractivity contribution in [2.75, 3.05) is 0 Å². The molecule has 2 atom stereocenters. The molecule has 0 aliphatic heterocycles. The summed E-state index contributed by atoms with van der Waals surface area (Å²) in [6.07, 6.45) is 0. The van der Waals surface area contributed by atoms with Gasteiger partial charge in [0, 0.05) is 31.3 Å². The summed E-state index contributed by atoms with van der Waals surface area (Å²) < 4.78 is 0. The van der Waals surface area contributed by atoms with Crippen LogP contribution in [0.1, 0.15) is 49.9 Å². The van der Waals surface area contributed by atoms with Crippen LogP contribution >= 0.6 is 15.1 Å². The standard InChI is InChI=1S/C50H32P2.2C43H30/c1-5-17-33(18-6-1)49-41-29-39-37-25-13-15-27-45(37)52(36-23-11-4-12-24-36)48(39)32-44(41)50(34-19-7-2-8-20-34)42-30-40-38-26-14-16-28-46(38)51(47(40)31-43(42)49)35-21-9-3-10-22-35;1-43(2)39-18-10-9-15-33(39)36-25-37-38(26-40(36)43)42(32-22-20-28-12-4-6-14-30(28)24-32)35-17-8-7-16-34(35)41(37)31-21-19-27-11-3-5-13-29(27)23-31;1-43(2)38-18-10-9-15-33(38)36-23-24-37-39(31-21-19-27-11-3-5-13-29(27)25-31)34-16-7-8-17-35(34)40(41(37)42(36)43)32-22-20-28-12-4-6-14-30(28)26-32/h1-32H;2*3-26H,1-2H3. The molecule has 646 valence electrons. The third-order valence-corrected chi connectivity index (χ3v) is 35.5. The van der Waals surface area contributed by atoms with E-state index in [4.69, 9.17) is 0 Å². The second-order valence-electron chi connectivity index (χ2n) is 38.7. The van der Waals surface area contributed by atoms with Crippen LogP contribution in [-0.4, -0.2) is 0 Å². The molecule has 0 spiro atoms. The fraction of sp³-hybridized carbons (Fsp3) is 0.0441. The summed E-state index contributed by atoms with van der Waals surface area (Å²) in [6.45, 7) is 9.58. The molecule has 2 aliphatic carbocycles. The van der Waals surface area contributed by atoms with Crippen molar-refractivity contribution in [1.82, 2.24) is 0 Å². The van der Waals surface area contributed by atoms with Crippen LogP contribution in [0.15, 0.2) is 485 Å². The van der Waals surface area contributed by atoms with Crippen LogP contribution in [0.25, 0.3) is 249 Å². The molecule has 0 saturated carbocycles. The van der Waals surface area contributed by atoms with E-state index >= 15 is 0 Å². The topological polar surface area (TPSA) is 0 Å². The molecule has 0 amide bonds. The lowest BCUT2D eigenvalue weighted by Crippen LogP contribution is -2.16. The van der Waals surface area contributed by atoms with Gasteiger partial charge in [-0.1, -0.05) is 467 Å². The zero-order valence-corrected chi connectivity index (χ0v) is 78.9. The first-order chi connectivity index (χ1) is 68.0. The van der Waals surface area contributed by atoms with Crippen LogP contribution in [0.2, 0.25) is 0 Å². The normalized spacial score (nSPS) is 13.2. The van der Waals surface area contributed by atoms with Gasteiger partial charge in [0.05, 0.1) is 0 Å². The molecule has 25 aromatic carbocycles. The van der Waals surface area contributed by atoms with Crippen molar-refractivity contribution in [3.63, 3.8) is 0 Å². The van der Waals surface area contributed by atoms with Gasteiger partial charge in [0.2, 0.25) is 0 Å². The van der Waals surface area contributed by atoms with Gasteiger partial charge in [0.15, 0.2) is 0 Å². The quantitative estimate of drug-likeness (QED) is 0.133. The Morgan fingerprint density at radius 2 is 0.457 bits per heavy atom. The molecule has 0 bridgehead atoms. The minimum Gasteiger partial charge on any atom is -0.0772 e. The van der Waals surface area contributed by atoms with Gasteiger partial charge in [-0.15, -0.1) is 0 Å². The molecule has 2 heteroatoms. The van der Waals surface area contributed by atoms with Gasteiger partial charge >= 0.3 is 0 Å². The highest BCUT2D eigenvalue weighted by Crippen LogP contribution is 2.63. The van der Waals surface area contributed by atoms with Crippen LogP contribution in [0.5, 0.6) is 0 Å². The monoisotopic (exact) mass is 1790 g/mol. The largest absolute Gasteiger partial charge is 0.0772 e. The maximum absolute atomic E-state index is 2.58. The average molecular weight is 1790 g/mol. The minimum absolute atomic E-state index is 0.0739. The molecule has 0 saturated heterocycles. The van der Waals surface area contributed by atoms with Crippen molar-refractivity contribution in [1.29, 1.82) is 0 Å². The van der Waals surface area contributed by atoms with Crippen LogP contribution in [0.3, 0.4) is 0 Å². The smallest absolute Gasteiger partial charge is 0.0165 e. The summed E-state index contributed by atoms with van der Waals surface area (Å²) in [7, 11) is -1.40. The third kappa shape index (κ3) is 12.8. The van der Waals surface area contributed by atoms with Gasteiger partial charge in [-0.2, -0.15) is 0 Å². The van der Waals surface area contributed by atoms with E-state index < -0.39 is 15.1 Å². The van der Waals surface area contributed by atoms with Crippen molar-refractivity contribution < 1.29 is 0 Å². The number of rotatable bonds is 8. The van der Waals surface area contributed by atoms with Gasteiger partial charge in [-0.25, -0.2) is 0 Å². The number of fused-ring (bicyclic) bond motifs is 23. The number of benzene rings is 25. The summed E-state index contributed by atoms with van der Waals surface area (Å²) in [6, 6.07) is 181. The molecule has 0 N–H and O–H groups in total. The van der Waals surface area contributed by atoms with E-state index in [-0.39, 0.29) is 10.8 Å². The van der Waals surface area contributed by atoms with E-state index in [1.165, 1.54) is 272 Å². The molecule has 2 heterocycles. The Balaban J connectivity index is 0.000000105. The van der Waals surface area contributed by atoms with E-state index in [0.717, 1.165) is 0 Å². The molecular weight excluding hydrogens is 1700 g/mol. The van der Waals surface area contributed by atoms with E-state index in [1.54, 1.807) is 0 Å². The zero-order chi connectivity index (χ0) is 91.6. The summed E-state index contributed by atoms with van der Waals surface area (Å²) in [5.41, 5.74) is 26.3. The Hall–Kier alpha value is -16.3. The number of hydrogen-bond acceptors (Lipinski definition) is 0. The highest BCUT2D eigenvalue weighted by molar-refractivity contribution is 7.68. The molecule has 138 heavy (non-hydrogen) atoms. The highest BCUT2D eigenvalue weighted by atomic mass is 31.1. The lowest BCUT2D eigenvalue weighted by Gasteiger charge is -2.27. The van der Waals surface area contributed by atoms with Crippen molar-refractivity contribution in [2.24, 2.45) is 0 Å². The molecular formula is C136H92P2. The Bertz CT molecular complexity index is 9430. The van der Waals surface area contributed by atoms with E-state index in [1.807, 2.05) is 0 Å². The predicted octanol–water partition coefficient (Wildman–Crippen LogP) is 39.8. The fourth-order valence-electron chi connectivity index (χ4n) is 24.2. The summed E-state index contributed by atoms with van der Waals surface area (Å²) in [4.78, 5) is 0. The predicted molar refractivity (Wildman–Crippen MR) is 600 cm³/mol. The maximum atomic E-state index is 2.58. The molecule has 0 radical (unpaired) electrons. The summed E-state index contributed by atoms with van der Waals surface area (Å²) >= 11 is 0. The molecule has 0 fully saturated rings. The van der Waals surface area contributed by atoms with Gasteiger partial charge in [0.25, 0.3) is 0 Å². The van der Waals surface area contributed by atoms with Crippen LogP contribution in [0, 0.1) is 0 Å². The second kappa shape index (κ2) is 32.2. The Morgan fingerprint density at radius 1 is 0.152 bits per heavy atom. The first kappa shape index (κ1) is 81.3. The van der Waals surface area contributed by atoms with Crippen molar-refractivity contribution >= 4 is 165 Å². The van der Waals surface area contributed by atoms with Gasteiger partial charge in [0.1, 0.15) is 0 Å². The Labute approximate surface area is 804 Å². The summed E-state index contributed by atoms with van der Waals surface area (Å²) in [5.74, 6) is 0. The lowest BCUT2D eigenvalue weighted by atomic mass is 9.76. The fourth-order valence-corrected chi connectivity index (χ4v) is 29.5. The van der Waals surface area contributed by atoms with Crippen LogP contribution in [-0.2, 0) is 10.8 Å². The Morgan fingerprint density at radius 3 is 0.884 bits per heavy atom.